The molecule has 1 atom stereocenters. The lowest BCUT2D eigenvalue weighted by molar-refractivity contribution is 0.000140. The van der Waals surface area contributed by atoms with Gasteiger partial charge in [0.15, 0.2) is 17.1 Å². The molecular formula is C28H33FN10O4. The average Bonchev–Trinajstić information content (AvgIpc) is 3.76. The average molecular weight is 593 g/mol. The van der Waals surface area contributed by atoms with E-state index in [1.807, 2.05) is 4.90 Å². The molecular weight excluding hydrogens is 559 g/mol. The molecule has 3 N–H and O–H groups in total. The number of benzene rings is 1. The number of furan rings is 1. The molecule has 0 saturated carbocycles. The fourth-order valence-electron chi connectivity index (χ4n) is 5.70. The maximum atomic E-state index is 15.0. The van der Waals surface area contributed by atoms with Gasteiger partial charge in [-0.15, -0.1) is 5.10 Å². The molecule has 15 heteroatoms. The standard InChI is InChI=1S/C28H33FN10O4/c1-35-23-25(33-27(30)39-26(23)32-24(34-39)22-3-2-13-42-22)38(28(35)40)12-9-36-7-10-37(11-8-36)21-5-4-18(15-20(21)29)43-17-19-16-31-6-14-41-19/h2-5,13,15,19,31H,6-12,14,16-17H2,1H3,(H2,30,33). The number of nitrogens with zero attached hydrogens (tertiary/aromatic N) is 8. The van der Waals surface area contributed by atoms with Gasteiger partial charge in [0.05, 0.1) is 18.6 Å². The minimum atomic E-state index is -0.311. The number of nitrogens with one attached hydrogen (secondary N) is 1. The van der Waals surface area contributed by atoms with Crippen molar-refractivity contribution in [2.45, 2.75) is 12.6 Å². The van der Waals surface area contributed by atoms with Crippen LogP contribution in [0.4, 0.5) is 16.0 Å². The van der Waals surface area contributed by atoms with Crippen LogP contribution in [0.5, 0.6) is 5.75 Å². The van der Waals surface area contributed by atoms with Crippen LogP contribution >= 0.6 is 0 Å². The molecule has 226 valence electrons. The molecule has 1 aromatic carbocycles. The Labute approximate surface area is 245 Å². The SMILES string of the molecule is Cn1c(=O)n(CCN2CCN(c3ccc(OCC4CNCCO4)cc3F)CC2)c2nc(N)n3nc(-c4ccco4)nc3c21. The number of hydrogen-bond donors (Lipinski definition) is 2. The topological polar surface area (TPSA) is 146 Å². The largest absolute Gasteiger partial charge is 0.491 e. The Morgan fingerprint density at radius 1 is 1.14 bits per heavy atom. The third-order valence-corrected chi connectivity index (χ3v) is 8.03. The molecule has 7 rings (SSSR count). The number of imidazole rings is 1. The van der Waals surface area contributed by atoms with Crippen LogP contribution in [-0.4, -0.2) is 98.7 Å². The summed E-state index contributed by atoms with van der Waals surface area (Å²) in [5.74, 6) is 1.15. The first kappa shape index (κ1) is 27.4. The number of fused-ring (bicyclic) bond motifs is 3. The lowest BCUT2D eigenvalue weighted by Crippen LogP contribution is -2.47. The quantitative estimate of drug-likeness (QED) is 0.266. The fraction of sp³-hybridized carbons (Fsp3) is 0.429. The number of aryl methyl sites for hydroxylation is 1. The van der Waals surface area contributed by atoms with E-state index in [-0.39, 0.29) is 23.6 Å². The van der Waals surface area contributed by atoms with Crippen LogP contribution in [0.15, 0.2) is 45.8 Å². The zero-order chi connectivity index (χ0) is 29.5. The van der Waals surface area contributed by atoms with E-state index in [9.17, 15) is 4.79 Å². The zero-order valence-corrected chi connectivity index (χ0v) is 23.8. The number of aromatic nitrogens is 6. The number of rotatable bonds is 8. The summed E-state index contributed by atoms with van der Waals surface area (Å²) < 4.78 is 36.4. The minimum absolute atomic E-state index is 0.0358. The van der Waals surface area contributed by atoms with E-state index in [0.717, 1.165) is 26.2 Å². The summed E-state index contributed by atoms with van der Waals surface area (Å²) >= 11 is 0. The van der Waals surface area contributed by atoms with Crippen LogP contribution in [0, 0.1) is 5.82 Å². The van der Waals surface area contributed by atoms with E-state index in [1.165, 1.54) is 15.1 Å². The molecule has 0 radical (unpaired) electrons. The summed E-state index contributed by atoms with van der Waals surface area (Å²) in [7, 11) is 1.69. The van der Waals surface area contributed by atoms with E-state index in [1.54, 1.807) is 42.1 Å². The van der Waals surface area contributed by atoms with Gasteiger partial charge in [-0.25, -0.2) is 14.2 Å². The van der Waals surface area contributed by atoms with Gasteiger partial charge in [0.2, 0.25) is 11.8 Å². The van der Waals surface area contributed by atoms with Crippen molar-refractivity contribution in [1.82, 2.24) is 38.9 Å². The van der Waals surface area contributed by atoms with Crippen LogP contribution in [0.3, 0.4) is 0 Å². The molecule has 0 spiro atoms. The molecule has 2 saturated heterocycles. The lowest BCUT2D eigenvalue weighted by Gasteiger charge is -2.36. The van der Waals surface area contributed by atoms with Crippen molar-refractivity contribution in [1.29, 1.82) is 0 Å². The Kier molecular flexibility index (Phi) is 7.20. The highest BCUT2D eigenvalue weighted by molar-refractivity contribution is 5.88. The highest BCUT2D eigenvalue weighted by Gasteiger charge is 2.24. The number of nitrogen functional groups attached to an aromatic ring is 1. The summed E-state index contributed by atoms with van der Waals surface area (Å²) in [6.45, 7) is 6.39. The van der Waals surface area contributed by atoms with Crippen molar-refractivity contribution < 1.29 is 18.3 Å². The predicted molar refractivity (Wildman–Crippen MR) is 157 cm³/mol. The minimum Gasteiger partial charge on any atom is -0.491 e. The molecule has 2 aliphatic heterocycles. The first-order valence-corrected chi connectivity index (χ1v) is 14.3. The van der Waals surface area contributed by atoms with Crippen LogP contribution in [0.25, 0.3) is 28.4 Å². The van der Waals surface area contributed by atoms with Crippen molar-refractivity contribution >= 4 is 28.4 Å². The van der Waals surface area contributed by atoms with Crippen LogP contribution < -0.4 is 26.4 Å². The molecule has 0 amide bonds. The third kappa shape index (κ3) is 5.19. The maximum absolute atomic E-state index is 15.0. The van der Waals surface area contributed by atoms with E-state index in [2.05, 4.69) is 25.3 Å². The second kappa shape index (κ2) is 11.3. The summed E-state index contributed by atoms with van der Waals surface area (Å²) in [6, 6.07) is 8.52. The lowest BCUT2D eigenvalue weighted by atomic mass is 10.2. The van der Waals surface area contributed by atoms with Gasteiger partial charge in [-0.05, 0) is 24.3 Å². The maximum Gasteiger partial charge on any atom is 0.330 e. The van der Waals surface area contributed by atoms with Crippen molar-refractivity contribution in [3.63, 3.8) is 0 Å². The molecule has 14 nitrogen and oxygen atoms in total. The molecule has 5 aromatic rings. The number of hydrogen-bond acceptors (Lipinski definition) is 11. The molecule has 43 heavy (non-hydrogen) atoms. The molecule has 0 bridgehead atoms. The Bertz CT molecular complexity index is 1800. The van der Waals surface area contributed by atoms with Crippen molar-refractivity contribution in [2.75, 3.05) is 69.7 Å². The molecule has 6 heterocycles. The van der Waals surface area contributed by atoms with Gasteiger partial charge in [0.25, 0.3) is 0 Å². The summed E-state index contributed by atoms with van der Waals surface area (Å²) in [6.07, 6.45) is 1.51. The Morgan fingerprint density at radius 3 is 2.74 bits per heavy atom. The predicted octanol–water partition coefficient (Wildman–Crippen LogP) is 0.948. The number of nitrogens with two attached hydrogens (primary N) is 1. The normalized spacial score (nSPS) is 18.2. The van der Waals surface area contributed by atoms with E-state index in [4.69, 9.17) is 19.6 Å². The van der Waals surface area contributed by atoms with Gasteiger partial charge >= 0.3 is 5.69 Å². The van der Waals surface area contributed by atoms with Crippen LogP contribution in [0.1, 0.15) is 0 Å². The third-order valence-electron chi connectivity index (χ3n) is 8.03. The second-order valence-electron chi connectivity index (χ2n) is 10.7. The van der Waals surface area contributed by atoms with Gasteiger partial charge in [-0.1, -0.05) is 0 Å². The monoisotopic (exact) mass is 592 g/mol. The zero-order valence-electron chi connectivity index (χ0n) is 23.8. The Balaban J connectivity index is 1.01. The number of piperazine rings is 1. The van der Waals surface area contributed by atoms with E-state index < -0.39 is 0 Å². The van der Waals surface area contributed by atoms with Crippen molar-refractivity contribution in [3.8, 4) is 17.3 Å². The Morgan fingerprint density at radius 2 is 2.00 bits per heavy atom. The molecule has 4 aromatic heterocycles. The second-order valence-corrected chi connectivity index (χ2v) is 10.7. The van der Waals surface area contributed by atoms with Crippen LogP contribution in [0.2, 0.25) is 0 Å². The van der Waals surface area contributed by atoms with E-state index in [0.29, 0.717) is 79.2 Å². The highest BCUT2D eigenvalue weighted by atomic mass is 19.1. The summed E-state index contributed by atoms with van der Waals surface area (Å²) in [4.78, 5) is 26.7. The van der Waals surface area contributed by atoms with Gasteiger partial charge < -0.3 is 29.8 Å². The first-order valence-electron chi connectivity index (χ1n) is 14.3. The van der Waals surface area contributed by atoms with Crippen molar-refractivity contribution in [2.24, 2.45) is 7.05 Å². The smallest absolute Gasteiger partial charge is 0.330 e. The fourth-order valence-corrected chi connectivity index (χ4v) is 5.70. The molecule has 1 unspecified atom stereocenters. The van der Waals surface area contributed by atoms with Gasteiger partial charge in [0, 0.05) is 65.5 Å². The van der Waals surface area contributed by atoms with E-state index >= 15 is 4.39 Å². The Hall–Kier alpha value is -4.47. The van der Waals surface area contributed by atoms with Gasteiger partial charge in [-0.2, -0.15) is 9.50 Å². The number of anilines is 2. The van der Waals surface area contributed by atoms with Gasteiger partial charge in [0.1, 0.15) is 29.8 Å². The van der Waals surface area contributed by atoms with Gasteiger partial charge in [-0.3, -0.25) is 14.0 Å². The number of morpholine rings is 1. The molecule has 2 aliphatic rings. The summed E-state index contributed by atoms with van der Waals surface area (Å²) in [5, 5.41) is 7.68. The highest BCUT2D eigenvalue weighted by Crippen LogP contribution is 2.26. The molecule has 0 aliphatic carbocycles. The number of ether oxygens (including phenoxy) is 2. The van der Waals surface area contributed by atoms with Crippen molar-refractivity contribution in [3.05, 3.63) is 52.9 Å². The molecule has 2 fully saturated rings. The number of halogens is 1. The summed E-state index contributed by atoms with van der Waals surface area (Å²) in [5.41, 5.74) is 7.99. The first-order chi connectivity index (χ1) is 21.0. The van der Waals surface area contributed by atoms with Crippen LogP contribution in [-0.2, 0) is 18.3 Å².